The first-order valence-electron chi connectivity index (χ1n) is 11.2. The normalized spacial score (nSPS) is 16.0. The Morgan fingerprint density at radius 1 is 1.29 bits per heavy atom. The fourth-order valence-electron chi connectivity index (χ4n) is 4.08. The molecule has 1 amide bonds. The number of anilines is 2. The maximum Gasteiger partial charge on any atom is 0.274 e. The average Bonchev–Trinajstić information content (AvgIpc) is 3.23. The predicted molar refractivity (Wildman–Crippen MR) is 131 cm³/mol. The summed E-state index contributed by atoms with van der Waals surface area (Å²) < 4.78 is 3.90. The number of rotatable bonds is 6. The molecule has 34 heavy (non-hydrogen) atoms. The zero-order valence-corrected chi connectivity index (χ0v) is 19.3. The molecule has 0 spiro atoms. The fourth-order valence-corrected chi connectivity index (χ4v) is 4.08. The first kappa shape index (κ1) is 21.6. The zero-order valence-electron chi connectivity index (χ0n) is 19.3. The van der Waals surface area contributed by atoms with Crippen LogP contribution in [-0.4, -0.2) is 43.6 Å². The number of nitrogens with one attached hydrogen (secondary N) is 1. The largest absolute Gasteiger partial charge is 0.321 e. The third kappa shape index (κ3) is 4.20. The molecule has 8 heteroatoms. The lowest BCUT2D eigenvalue weighted by molar-refractivity contribution is -0.465. The minimum absolute atomic E-state index is 0.224. The van der Waals surface area contributed by atoms with Crippen molar-refractivity contribution in [3.8, 4) is 23.2 Å². The molecule has 0 atom stereocenters. The first-order chi connectivity index (χ1) is 16.5. The van der Waals surface area contributed by atoms with Crippen LogP contribution in [0.4, 0.5) is 11.4 Å². The van der Waals surface area contributed by atoms with Gasteiger partial charge in [-0.25, -0.2) is 0 Å². The molecule has 1 aliphatic heterocycles. The van der Waals surface area contributed by atoms with Gasteiger partial charge in [-0.1, -0.05) is 18.1 Å². The van der Waals surface area contributed by atoms with E-state index in [0.717, 1.165) is 11.3 Å². The molecule has 1 saturated carbocycles. The van der Waals surface area contributed by atoms with E-state index in [0.29, 0.717) is 30.4 Å². The topological polar surface area (TPSA) is 79.0 Å². The van der Waals surface area contributed by atoms with E-state index in [1.165, 1.54) is 18.5 Å². The monoisotopic (exact) mass is 452 g/mol. The van der Waals surface area contributed by atoms with Gasteiger partial charge in [-0.2, -0.15) is 4.58 Å². The highest BCUT2D eigenvalue weighted by molar-refractivity contribution is 6.03. The van der Waals surface area contributed by atoms with Crippen LogP contribution < -0.4 is 10.2 Å². The predicted octanol–water partition coefficient (Wildman–Crippen LogP) is 3.75. The lowest BCUT2D eigenvalue weighted by atomic mass is 10.1. The summed E-state index contributed by atoms with van der Waals surface area (Å²) in [5, 5.41) is 11.2. The van der Waals surface area contributed by atoms with Gasteiger partial charge >= 0.3 is 0 Å². The molecular formula is C26H26N7O+. The Balaban J connectivity index is 1.33. The number of hydrogen-bond acceptors (Lipinski definition) is 5. The number of pyridine rings is 1. The van der Waals surface area contributed by atoms with Gasteiger partial charge < -0.3 is 9.88 Å². The summed E-state index contributed by atoms with van der Waals surface area (Å²) in [6.07, 6.45) is 7.82. The molecule has 1 aromatic carbocycles. The second-order valence-electron chi connectivity index (χ2n) is 8.87. The van der Waals surface area contributed by atoms with Crippen LogP contribution in [0.5, 0.6) is 0 Å². The Bertz CT molecular complexity index is 1370. The Morgan fingerprint density at radius 2 is 2.15 bits per heavy atom. The molecule has 0 unspecified atom stereocenters. The quantitative estimate of drug-likeness (QED) is 0.455. The van der Waals surface area contributed by atoms with Gasteiger partial charge in [-0.3, -0.25) is 14.7 Å². The van der Waals surface area contributed by atoms with E-state index in [9.17, 15) is 4.79 Å². The molecule has 5 rings (SSSR count). The highest BCUT2D eigenvalue weighted by Crippen LogP contribution is 2.52. The molecule has 1 fully saturated rings. The molecule has 0 saturated heterocycles. The highest BCUT2D eigenvalue weighted by atomic mass is 16.1. The smallest absolute Gasteiger partial charge is 0.274 e. The summed E-state index contributed by atoms with van der Waals surface area (Å²) in [5.41, 5.74) is 4.21. The van der Waals surface area contributed by atoms with Crippen LogP contribution >= 0.6 is 0 Å². The molecule has 1 N–H and O–H groups in total. The van der Waals surface area contributed by atoms with Gasteiger partial charge in [0.2, 0.25) is 12.4 Å². The number of nitrogens with zero attached hydrogens (tertiary/aromatic N) is 6. The van der Waals surface area contributed by atoms with Gasteiger partial charge in [0, 0.05) is 17.4 Å². The number of aromatic nitrogens is 4. The lowest BCUT2D eigenvalue weighted by Crippen LogP contribution is -2.20. The fraction of sp³-hybridized carbons (Fsp3) is 0.269. The SMILES string of the molecule is C=[N+]1CN(c2ccnc(C(=O)Nc3cccc(-c4nncn4CC#CC)c3)c2)C=C1C1(C)CC1. The van der Waals surface area contributed by atoms with E-state index >= 15 is 0 Å². The molecule has 8 nitrogen and oxygen atoms in total. The summed E-state index contributed by atoms with van der Waals surface area (Å²) in [6, 6.07) is 11.2. The van der Waals surface area contributed by atoms with Gasteiger partial charge in [0.15, 0.2) is 5.82 Å². The molecule has 170 valence electrons. The van der Waals surface area contributed by atoms with Crippen molar-refractivity contribution in [2.24, 2.45) is 5.41 Å². The molecule has 0 radical (unpaired) electrons. The number of benzene rings is 1. The van der Waals surface area contributed by atoms with Crippen molar-refractivity contribution in [3.05, 3.63) is 66.5 Å². The van der Waals surface area contributed by atoms with Crippen molar-refractivity contribution in [3.63, 3.8) is 0 Å². The number of carbonyl (C=O) groups excluding carboxylic acids is 1. The molecule has 2 aromatic heterocycles. The first-order valence-corrected chi connectivity index (χ1v) is 11.2. The van der Waals surface area contributed by atoms with Crippen molar-refractivity contribution in [2.75, 3.05) is 16.9 Å². The zero-order chi connectivity index (χ0) is 23.7. The Kier molecular flexibility index (Phi) is 5.46. The van der Waals surface area contributed by atoms with E-state index in [4.69, 9.17) is 0 Å². The van der Waals surface area contributed by atoms with Crippen molar-refractivity contribution in [2.45, 2.75) is 33.2 Å². The molecule has 0 bridgehead atoms. The van der Waals surface area contributed by atoms with Crippen LogP contribution in [0.3, 0.4) is 0 Å². The highest BCUT2D eigenvalue weighted by Gasteiger charge is 2.49. The number of amides is 1. The summed E-state index contributed by atoms with van der Waals surface area (Å²) in [7, 11) is 0. The van der Waals surface area contributed by atoms with Gasteiger partial charge in [0.05, 0.1) is 23.8 Å². The van der Waals surface area contributed by atoms with E-state index in [1.807, 2.05) is 45.5 Å². The Morgan fingerprint density at radius 3 is 2.94 bits per heavy atom. The van der Waals surface area contributed by atoms with E-state index in [1.54, 1.807) is 19.4 Å². The third-order valence-corrected chi connectivity index (χ3v) is 6.29. The maximum absolute atomic E-state index is 13.0. The van der Waals surface area contributed by atoms with Crippen LogP contribution in [0, 0.1) is 17.3 Å². The minimum Gasteiger partial charge on any atom is -0.321 e. The van der Waals surface area contributed by atoms with E-state index in [2.05, 4.69) is 57.1 Å². The van der Waals surface area contributed by atoms with Crippen molar-refractivity contribution >= 4 is 24.0 Å². The summed E-state index contributed by atoms with van der Waals surface area (Å²) >= 11 is 0. The number of carbonyl (C=O) groups is 1. The second-order valence-corrected chi connectivity index (χ2v) is 8.87. The molecule has 2 aliphatic rings. The van der Waals surface area contributed by atoms with Crippen molar-refractivity contribution < 1.29 is 9.37 Å². The van der Waals surface area contributed by atoms with E-state index < -0.39 is 0 Å². The standard InChI is InChI=1S/C26H25N7O/c1-4-5-13-32-17-28-30-24(32)19-7-6-8-20(14-19)29-25(34)22-15-21(9-12-27-22)33-16-23(31(3)18-33)26(2)10-11-26/h6-9,12,14-17H,3,10-11,13,18H2,1-2H3/p+1. The minimum atomic E-state index is -0.277. The van der Waals surface area contributed by atoms with Crippen molar-refractivity contribution in [1.82, 2.24) is 19.7 Å². The maximum atomic E-state index is 13.0. The Hall–Kier alpha value is -4.25. The lowest BCUT2D eigenvalue weighted by Gasteiger charge is -2.12. The van der Waals surface area contributed by atoms with E-state index in [-0.39, 0.29) is 11.3 Å². The second kappa shape index (κ2) is 8.60. The third-order valence-electron chi connectivity index (χ3n) is 6.29. The Labute approximate surface area is 198 Å². The molecule has 3 aromatic rings. The summed E-state index contributed by atoms with van der Waals surface area (Å²) in [6.45, 7) is 9.39. The van der Waals surface area contributed by atoms with Gasteiger partial charge in [0.1, 0.15) is 18.7 Å². The molecular weight excluding hydrogens is 426 g/mol. The van der Waals surface area contributed by atoms with Crippen LogP contribution in [0.25, 0.3) is 11.4 Å². The van der Waals surface area contributed by atoms with Crippen molar-refractivity contribution in [1.29, 1.82) is 0 Å². The van der Waals surface area contributed by atoms with Gasteiger partial charge in [-0.15, -0.1) is 16.1 Å². The number of hydrogen-bond donors (Lipinski definition) is 1. The average molecular weight is 453 g/mol. The summed E-state index contributed by atoms with van der Waals surface area (Å²) in [4.78, 5) is 19.4. The van der Waals surface area contributed by atoms with Gasteiger partial charge in [-0.05, 0) is 51.0 Å². The molecule has 3 heterocycles. The van der Waals surface area contributed by atoms with Crippen LogP contribution in [0.2, 0.25) is 0 Å². The van der Waals surface area contributed by atoms with Crippen LogP contribution in [0.15, 0.2) is 60.8 Å². The molecule has 1 aliphatic carbocycles. The van der Waals surface area contributed by atoms with Crippen LogP contribution in [0.1, 0.15) is 37.2 Å². The van der Waals surface area contributed by atoms with Crippen LogP contribution in [-0.2, 0) is 6.54 Å². The number of allylic oxidation sites excluding steroid dienone is 1. The summed E-state index contributed by atoms with van der Waals surface area (Å²) in [5.74, 6) is 6.31. The van der Waals surface area contributed by atoms with Gasteiger partial charge in [0.25, 0.3) is 5.91 Å².